The molecular formula is C22H30S. The fraction of sp³-hybridized carbons (Fsp3) is 0.455. The van der Waals surface area contributed by atoms with Gasteiger partial charge in [0.1, 0.15) is 0 Å². The molecule has 0 unspecified atom stereocenters. The van der Waals surface area contributed by atoms with Crippen molar-refractivity contribution in [3.63, 3.8) is 0 Å². The van der Waals surface area contributed by atoms with Crippen molar-refractivity contribution in [2.24, 2.45) is 0 Å². The minimum Gasteiger partial charge on any atom is -0.0895 e. The highest BCUT2D eigenvalue weighted by Crippen LogP contribution is 2.37. The van der Waals surface area contributed by atoms with E-state index in [2.05, 4.69) is 65.8 Å². The van der Waals surface area contributed by atoms with Crippen LogP contribution in [0.25, 0.3) is 0 Å². The Morgan fingerprint density at radius 1 is 0.609 bits per heavy atom. The predicted molar refractivity (Wildman–Crippen MR) is 104 cm³/mol. The predicted octanol–water partition coefficient (Wildman–Crippen LogP) is 6.70. The first-order chi connectivity index (χ1) is 11.1. The van der Waals surface area contributed by atoms with Crippen LogP contribution in [0.15, 0.2) is 34.1 Å². The van der Waals surface area contributed by atoms with Gasteiger partial charge in [-0.1, -0.05) is 51.6 Å². The van der Waals surface area contributed by atoms with Crippen molar-refractivity contribution in [3.8, 4) is 0 Å². The molecule has 124 valence electrons. The average molecular weight is 327 g/mol. The zero-order valence-electron chi connectivity index (χ0n) is 15.5. The molecule has 2 aromatic carbocycles. The Labute approximate surface area is 146 Å². The molecule has 0 fully saturated rings. The first kappa shape index (κ1) is 18.1. The molecule has 2 aromatic rings. The number of benzene rings is 2. The Morgan fingerprint density at radius 2 is 1.00 bits per heavy atom. The molecule has 0 atom stereocenters. The van der Waals surface area contributed by atoms with E-state index in [-0.39, 0.29) is 0 Å². The fourth-order valence-corrected chi connectivity index (χ4v) is 4.63. The summed E-state index contributed by atoms with van der Waals surface area (Å²) >= 11 is 1.94. The van der Waals surface area contributed by atoms with Gasteiger partial charge in [0.15, 0.2) is 0 Å². The Bertz CT molecular complexity index is 623. The fourth-order valence-electron chi connectivity index (χ4n) is 3.57. The van der Waals surface area contributed by atoms with Gasteiger partial charge in [0.25, 0.3) is 0 Å². The second kappa shape index (κ2) is 8.06. The van der Waals surface area contributed by atoms with Crippen LogP contribution in [0, 0.1) is 13.8 Å². The van der Waals surface area contributed by atoms with Crippen molar-refractivity contribution in [1.29, 1.82) is 0 Å². The third-order valence-corrected chi connectivity index (χ3v) is 6.30. The van der Waals surface area contributed by atoms with Gasteiger partial charge in [-0.2, -0.15) is 0 Å². The highest BCUT2D eigenvalue weighted by atomic mass is 32.2. The van der Waals surface area contributed by atoms with Crippen molar-refractivity contribution < 1.29 is 0 Å². The second-order valence-electron chi connectivity index (χ2n) is 6.17. The largest absolute Gasteiger partial charge is 0.0895 e. The molecule has 23 heavy (non-hydrogen) atoms. The van der Waals surface area contributed by atoms with Crippen molar-refractivity contribution in [2.45, 2.75) is 77.0 Å². The summed E-state index contributed by atoms with van der Waals surface area (Å²) in [4.78, 5) is 2.82. The molecule has 0 saturated carbocycles. The highest BCUT2D eigenvalue weighted by Gasteiger charge is 2.12. The molecule has 0 N–H and O–H groups in total. The standard InChI is InChI=1S/C22H30S/c1-7-17-11-13-21(15(5)19(17)9-3)23-22-14-12-18(8-2)20(10-4)16(22)6/h11-14H,7-10H2,1-6H3. The maximum atomic E-state index is 2.32. The maximum absolute atomic E-state index is 2.32. The molecule has 0 aliphatic rings. The molecule has 0 bridgehead atoms. The number of aryl methyl sites for hydroxylation is 2. The quantitative estimate of drug-likeness (QED) is 0.569. The van der Waals surface area contributed by atoms with Gasteiger partial charge >= 0.3 is 0 Å². The zero-order valence-corrected chi connectivity index (χ0v) is 16.4. The first-order valence-electron chi connectivity index (χ1n) is 8.97. The van der Waals surface area contributed by atoms with Crippen LogP contribution < -0.4 is 0 Å². The lowest BCUT2D eigenvalue weighted by atomic mass is 9.98. The van der Waals surface area contributed by atoms with Crippen molar-refractivity contribution in [1.82, 2.24) is 0 Å². The van der Waals surface area contributed by atoms with Crippen LogP contribution in [0.5, 0.6) is 0 Å². The summed E-state index contributed by atoms with van der Waals surface area (Å²) in [6, 6.07) is 9.28. The first-order valence-corrected chi connectivity index (χ1v) is 9.79. The Morgan fingerprint density at radius 3 is 1.30 bits per heavy atom. The van der Waals surface area contributed by atoms with E-state index in [1.807, 2.05) is 11.8 Å². The Balaban J connectivity index is 2.44. The minimum absolute atomic E-state index is 1.12. The van der Waals surface area contributed by atoms with E-state index in [9.17, 15) is 0 Å². The third-order valence-electron chi connectivity index (χ3n) is 4.98. The van der Waals surface area contributed by atoms with Gasteiger partial charge < -0.3 is 0 Å². The van der Waals surface area contributed by atoms with Crippen LogP contribution in [-0.2, 0) is 25.7 Å². The summed E-state index contributed by atoms with van der Waals surface area (Å²) in [6.45, 7) is 13.6. The van der Waals surface area contributed by atoms with Gasteiger partial charge in [0.05, 0.1) is 0 Å². The van der Waals surface area contributed by atoms with Crippen LogP contribution in [0.2, 0.25) is 0 Å². The molecule has 0 aliphatic heterocycles. The molecular weight excluding hydrogens is 296 g/mol. The average Bonchev–Trinajstić information content (AvgIpc) is 2.57. The van der Waals surface area contributed by atoms with E-state index >= 15 is 0 Å². The summed E-state index contributed by atoms with van der Waals surface area (Å²) in [5.41, 5.74) is 9.01. The van der Waals surface area contributed by atoms with Crippen molar-refractivity contribution in [2.75, 3.05) is 0 Å². The zero-order chi connectivity index (χ0) is 17.0. The summed E-state index contributed by atoms with van der Waals surface area (Å²) in [7, 11) is 0. The van der Waals surface area contributed by atoms with E-state index in [1.165, 1.54) is 43.2 Å². The molecule has 0 heterocycles. The van der Waals surface area contributed by atoms with Crippen LogP contribution >= 0.6 is 11.8 Å². The maximum Gasteiger partial charge on any atom is 0.0154 e. The van der Waals surface area contributed by atoms with Crippen LogP contribution in [0.3, 0.4) is 0 Å². The molecule has 0 amide bonds. The number of hydrogen-bond acceptors (Lipinski definition) is 1. The Hall–Kier alpha value is -1.21. The van der Waals surface area contributed by atoms with Crippen LogP contribution in [0.4, 0.5) is 0 Å². The number of rotatable bonds is 6. The molecule has 0 saturated heterocycles. The SMILES string of the molecule is CCc1ccc(Sc2ccc(CC)c(CC)c2C)c(C)c1CC. The molecule has 2 rings (SSSR count). The normalized spacial score (nSPS) is 11.0. The summed E-state index contributed by atoms with van der Waals surface area (Å²) in [6.07, 6.45) is 4.49. The van der Waals surface area contributed by atoms with Crippen LogP contribution in [0.1, 0.15) is 61.1 Å². The van der Waals surface area contributed by atoms with E-state index in [1.54, 1.807) is 0 Å². The van der Waals surface area contributed by atoms with Crippen molar-refractivity contribution in [3.05, 3.63) is 57.6 Å². The topological polar surface area (TPSA) is 0 Å². The lowest BCUT2D eigenvalue weighted by Gasteiger charge is -2.17. The molecule has 0 radical (unpaired) electrons. The second-order valence-corrected chi connectivity index (χ2v) is 7.25. The highest BCUT2D eigenvalue weighted by molar-refractivity contribution is 7.99. The van der Waals surface area contributed by atoms with E-state index in [4.69, 9.17) is 0 Å². The van der Waals surface area contributed by atoms with Gasteiger partial charge in [0.2, 0.25) is 0 Å². The Kier molecular flexibility index (Phi) is 6.35. The van der Waals surface area contributed by atoms with E-state index in [0.717, 1.165) is 25.7 Å². The number of hydrogen-bond donors (Lipinski definition) is 0. The van der Waals surface area contributed by atoms with Gasteiger partial charge in [-0.15, -0.1) is 0 Å². The molecule has 0 nitrogen and oxygen atoms in total. The van der Waals surface area contributed by atoms with Crippen molar-refractivity contribution >= 4 is 11.8 Å². The minimum atomic E-state index is 1.12. The molecule has 0 spiro atoms. The molecule has 0 aliphatic carbocycles. The lowest BCUT2D eigenvalue weighted by Crippen LogP contribution is -1.99. The summed E-state index contributed by atoms with van der Waals surface area (Å²) < 4.78 is 0. The van der Waals surface area contributed by atoms with E-state index in [0.29, 0.717) is 0 Å². The van der Waals surface area contributed by atoms with Gasteiger partial charge in [0, 0.05) is 9.79 Å². The smallest absolute Gasteiger partial charge is 0.0154 e. The van der Waals surface area contributed by atoms with Gasteiger partial charge in [-0.3, -0.25) is 0 Å². The monoisotopic (exact) mass is 326 g/mol. The lowest BCUT2D eigenvalue weighted by molar-refractivity contribution is 0.991. The van der Waals surface area contributed by atoms with Crippen LogP contribution in [-0.4, -0.2) is 0 Å². The van der Waals surface area contributed by atoms with E-state index < -0.39 is 0 Å². The van der Waals surface area contributed by atoms with Gasteiger partial charge in [-0.25, -0.2) is 0 Å². The summed E-state index contributed by atoms with van der Waals surface area (Å²) in [5, 5.41) is 0. The molecule has 1 heteroatoms. The summed E-state index contributed by atoms with van der Waals surface area (Å²) in [5.74, 6) is 0. The van der Waals surface area contributed by atoms with Gasteiger partial charge in [-0.05, 0) is 85.0 Å². The third kappa shape index (κ3) is 3.66. The molecule has 0 aromatic heterocycles.